The number of piperidine rings is 1. The zero-order valence-electron chi connectivity index (χ0n) is 9.00. The van der Waals surface area contributed by atoms with Crippen LogP contribution in [0.25, 0.3) is 0 Å². The van der Waals surface area contributed by atoms with Crippen molar-refractivity contribution in [3.8, 4) is 12.3 Å². The molecule has 0 aliphatic carbocycles. The monoisotopic (exact) mass is 231 g/mol. The fourth-order valence-electron chi connectivity index (χ4n) is 1.89. The lowest BCUT2D eigenvalue weighted by Crippen LogP contribution is -2.39. The number of amides is 2. The second-order valence-electron chi connectivity index (χ2n) is 3.88. The molecule has 1 unspecified atom stereocenters. The fraction of sp³-hybridized carbons (Fsp3) is 0.231. The number of nitrogens with one attached hydrogen (secondary N) is 1. The van der Waals surface area contributed by atoms with Gasteiger partial charge in [-0.2, -0.15) is 0 Å². The molecule has 0 spiro atoms. The van der Waals surface area contributed by atoms with Crippen LogP contribution in [0.15, 0.2) is 18.2 Å². The van der Waals surface area contributed by atoms with E-state index in [0.29, 0.717) is 12.0 Å². The summed E-state index contributed by atoms with van der Waals surface area (Å²) in [4.78, 5) is 22.6. The van der Waals surface area contributed by atoms with Gasteiger partial charge in [0, 0.05) is 17.5 Å². The molecule has 1 atom stereocenters. The van der Waals surface area contributed by atoms with Gasteiger partial charge in [-0.1, -0.05) is 12.0 Å². The number of imide groups is 1. The molecule has 2 amide bonds. The molecule has 4 heteroatoms. The predicted octanol–water partition coefficient (Wildman–Crippen LogP) is 1.33. The number of benzene rings is 1. The summed E-state index contributed by atoms with van der Waals surface area (Å²) in [6, 6.07) is 4.31. The van der Waals surface area contributed by atoms with Crippen molar-refractivity contribution in [1.29, 1.82) is 0 Å². The molecule has 1 N–H and O–H groups in total. The van der Waals surface area contributed by atoms with E-state index in [9.17, 15) is 14.0 Å². The maximum absolute atomic E-state index is 13.7. The van der Waals surface area contributed by atoms with Crippen LogP contribution < -0.4 is 5.32 Å². The third kappa shape index (κ3) is 2.18. The largest absolute Gasteiger partial charge is 0.296 e. The SMILES string of the molecule is C#Cc1ccc(C2CCC(=O)NC2=O)c(F)c1. The van der Waals surface area contributed by atoms with Gasteiger partial charge < -0.3 is 0 Å². The van der Waals surface area contributed by atoms with Crippen LogP contribution in [0.2, 0.25) is 0 Å². The van der Waals surface area contributed by atoms with Crippen molar-refractivity contribution in [2.24, 2.45) is 0 Å². The summed E-state index contributed by atoms with van der Waals surface area (Å²) in [5.41, 5.74) is 0.715. The Hall–Kier alpha value is -2.15. The van der Waals surface area contributed by atoms with E-state index in [1.165, 1.54) is 12.1 Å². The maximum Gasteiger partial charge on any atom is 0.234 e. The normalized spacial score (nSPS) is 19.6. The molecule has 0 saturated carbocycles. The van der Waals surface area contributed by atoms with Crippen LogP contribution in [-0.4, -0.2) is 11.8 Å². The Morgan fingerprint density at radius 1 is 1.41 bits per heavy atom. The number of terminal acetylenes is 1. The predicted molar refractivity (Wildman–Crippen MR) is 59.5 cm³/mol. The Balaban J connectivity index is 2.32. The van der Waals surface area contributed by atoms with Crippen LogP contribution in [0, 0.1) is 18.2 Å². The van der Waals surface area contributed by atoms with E-state index >= 15 is 0 Å². The van der Waals surface area contributed by atoms with Gasteiger partial charge in [-0.15, -0.1) is 6.42 Å². The van der Waals surface area contributed by atoms with E-state index < -0.39 is 17.6 Å². The summed E-state index contributed by atoms with van der Waals surface area (Å²) < 4.78 is 13.7. The lowest BCUT2D eigenvalue weighted by Gasteiger charge is -2.21. The molecular weight excluding hydrogens is 221 g/mol. The van der Waals surface area contributed by atoms with Crippen LogP contribution in [-0.2, 0) is 9.59 Å². The Bertz CT molecular complexity index is 531. The van der Waals surface area contributed by atoms with Crippen molar-refractivity contribution in [1.82, 2.24) is 5.32 Å². The van der Waals surface area contributed by atoms with E-state index in [4.69, 9.17) is 6.42 Å². The molecular formula is C13H10FNO2. The molecule has 2 rings (SSSR count). The van der Waals surface area contributed by atoms with Crippen molar-refractivity contribution in [3.05, 3.63) is 35.1 Å². The topological polar surface area (TPSA) is 46.2 Å². The number of rotatable bonds is 1. The van der Waals surface area contributed by atoms with Crippen LogP contribution in [0.1, 0.15) is 29.9 Å². The summed E-state index contributed by atoms with van der Waals surface area (Å²) in [6.07, 6.45) is 5.71. The zero-order valence-corrected chi connectivity index (χ0v) is 9.00. The summed E-state index contributed by atoms with van der Waals surface area (Å²) in [7, 11) is 0. The van der Waals surface area contributed by atoms with Gasteiger partial charge in [0.2, 0.25) is 11.8 Å². The first-order chi connectivity index (χ1) is 8.11. The van der Waals surface area contributed by atoms with Crippen LogP contribution in [0.5, 0.6) is 0 Å². The van der Waals surface area contributed by atoms with E-state index in [2.05, 4.69) is 11.2 Å². The lowest BCUT2D eigenvalue weighted by molar-refractivity contribution is -0.134. The third-order valence-corrected chi connectivity index (χ3v) is 2.78. The van der Waals surface area contributed by atoms with Crippen LogP contribution in [0.3, 0.4) is 0 Å². The van der Waals surface area contributed by atoms with Gasteiger partial charge in [0.05, 0.1) is 5.92 Å². The number of carbonyl (C=O) groups excluding carboxylic acids is 2. The molecule has 17 heavy (non-hydrogen) atoms. The number of hydrogen-bond donors (Lipinski definition) is 1. The summed E-state index contributed by atoms with van der Waals surface area (Å²) in [5, 5.41) is 2.20. The standard InChI is InChI=1S/C13H10FNO2/c1-2-8-3-4-9(11(14)7-8)10-5-6-12(16)15-13(10)17/h1,3-4,7,10H,5-6H2,(H,15,16,17). The average Bonchev–Trinajstić information content (AvgIpc) is 2.30. The molecule has 1 aromatic rings. The van der Waals surface area contributed by atoms with E-state index in [1.54, 1.807) is 6.07 Å². The Morgan fingerprint density at radius 2 is 2.18 bits per heavy atom. The highest BCUT2D eigenvalue weighted by Crippen LogP contribution is 2.27. The summed E-state index contributed by atoms with van der Waals surface area (Å²) >= 11 is 0. The van der Waals surface area contributed by atoms with Gasteiger partial charge in [0.25, 0.3) is 0 Å². The zero-order chi connectivity index (χ0) is 12.4. The van der Waals surface area contributed by atoms with Crippen LogP contribution in [0.4, 0.5) is 4.39 Å². The van der Waals surface area contributed by atoms with Crippen molar-refractivity contribution in [2.75, 3.05) is 0 Å². The van der Waals surface area contributed by atoms with Crippen LogP contribution >= 0.6 is 0 Å². The minimum Gasteiger partial charge on any atom is -0.296 e. The second-order valence-corrected chi connectivity index (χ2v) is 3.88. The molecule has 0 aromatic heterocycles. The third-order valence-electron chi connectivity index (χ3n) is 2.78. The van der Waals surface area contributed by atoms with Crippen molar-refractivity contribution in [3.63, 3.8) is 0 Å². The Kier molecular flexibility index (Phi) is 2.92. The van der Waals surface area contributed by atoms with Gasteiger partial charge in [0.15, 0.2) is 0 Å². The molecule has 1 saturated heterocycles. The number of hydrogen-bond acceptors (Lipinski definition) is 2. The Labute approximate surface area is 98.0 Å². The molecule has 0 radical (unpaired) electrons. The Morgan fingerprint density at radius 3 is 2.76 bits per heavy atom. The van der Waals surface area contributed by atoms with Crippen molar-refractivity contribution < 1.29 is 14.0 Å². The molecule has 1 fully saturated rings. The van der Waals surface area contributed by atoms with Gasteiger partial charge in [-0.05, 0) is 18.6 Å². The molecule has 0 bridgehead atoms. The highest BCUT2D eigenvalue weighted by molar-refractivity contribution is 6.00. The maximum atomic E-state index is 13.7. The summed E-state index contributed by atoms with van der Waals surface area (Å²) in [6.45, 7) is 0. The molecule has 1 aliphatic heterocycles. The number of halogens is 1. The second kappa shape index (κ2) is 4.38. The highest BCUT2D eigenvalue weighted by Gasteiger charge is 2.29. The highest BCUT2D eigenvalue weighted by atomic mass is 19.1. The van der Waals surface area contributed by atoms with E-state index in [1.807, 2.05) is 0 Å². The van der Waals surface area contributed by atoms with Crippen molar-refractivity contribution in [2.45, 2.75) is 18.8 Å². The minimum atomic E-state index is -0.612. The molecule has 86 valence electrons. The van der Waals surface area contributed by atoms with Gasteiger partial charge in [-0.3, -0.25) is 14.9 Å². The molecule has 1 aliphatic rings. The smallest absolute Gasteiger partial charge is 0.234 e. The van der Waals surface area contributed by atoms with Gasteiger partial charge in [-0.25, -0.2) is 4.39 Å². The molecule has 3 nitrogen and oxygen atoms in total. The van der Waals surface area contributed by atoms with Crippen molar-refractivity contribution >= 4 is 11.8 Å². The van der Waals surface area contributed by atoms with E-state index in [0.717, 1.165) is 0 Å². The first-order valence-electron chi connectivity index (χ1n) is 5.21. The first-order valence-corrected chi connectivity index (χ1v) is 5.21. The first kappa shape index (κ1) is 11.3. The lowest BCUT2D eigenvalue weighted by atomic mass is 9.89. The van der Waals surface area contributed by atoms with E-state index in [-0.39, 0.29) is 17.9 Å². The number of carbonyl (C=O) groups is 2. The average molecular weight is 231 g/mol. The molecule has 1 aromatic carbocycles. The minimum absolute atomic E-state index is 0.229. The summed E-state index contributed by atoms with van der Waals surface area (Å²) in [5.74, 6) is 0.442. The molecule has 1 heterocycles. The fourth-order valence-corrected chi connectivity index (χ4v) is 1.89. The van der Waals surface area contributed by atoms with Gasteiger partial charge in [0.1, 0.15) is 5.82 Å². The van der Waals surface area contributed by atoms with Gasteiger partial charge >= 0.3 is 0 Å². The quantitative estimate of drug-likeness (QED) is 0.585.